The van der Waals surface area contributed by atoms with Crippen molar-refractivity contribution in [2.24, 2.45) is 22.7 Å². The molecule has 2 nitrogen and oxygen atoms in total. The zero-order valence-corrected chi connectivity index (χ0v) is 11.3. The maximum absolute atomic E-state index is 7.92. The summed E-state index contributed by atoms with van der Waals surface area (Å²) in [5.74, 6) is 3.41. The first-order valence-corrected chi connectivity index (χ1v) is 7.58. The molecule has 4 fully saturated rings. The second-order valence-corrected chi connectivity index (χ2v) is 6.99. The second kappa shape index (κ2) is 4.09. The number of hydrogen-bond acceptors (Lipinski definition) is 1. The van der Waals surface area contributed by atoms with Crippen LogP contribution in [0.4, 0.5) is 0 Å². The summed E-state index contributed by atoms with van der Waals surface area (Å²) < 4.78 is 0. The molecule has 0 radical (unpaired) electrons. The van der Waals surface area contributed by atoms with Crippen molar-refractivity contribution in [3.05, 3.63) is 29.8 Å². The predicted octanol–water partition coefficient (Wildman–Crippen LogP) is 3.51. The Kier molecular flexibility index (Phi) is 2.48. The molecular formula is C17H22NO+. The summed E-state index contributed by atoms with van der Waals surface area (Å²) in [4.78, 5) is 5.00. The van der Waals surface area contributed by atoms with Gasteiger partial charge in [-0.05, 0) is 62.3 Å². The molecule has 0 unspecified atom stereocenters. The summed E-state index contributed by atoms with van der Waals surface area (Å²) in [6, 6.07) is 7.77. The van der Waals surface area contributed by atoms with Gasteiger partial charge in [0.25, 0.3) is 5.75 Å². The number of nitrogens with zero attached hydrogens (tertiary/aromatic N) is 1. The fourth-order valence-corrected chi connectivity index (χ4v) is 5.04. The van der Waals surface area contributed by atoms with Crippen molar-refractivity contribution in [1.82, 2.24) is 0 Å². The maximum atomic E-state index is 7.92. The smallest absolute Gasteiger partial charge is 0.262 e. The molecule has 5 rings (SSSR count). The van der Waals surface area contributed by atoms with Gasteiger partial charge in [-0.1, -0.05) is 12.1 Å². The molecule has 4 bridgehead atoms. The zero-order valence-electron chi connectivity index (χ0n) is 11.3. The predicted molar refractivity (Wildman–Crippen MR) is 78.0 cm³/mol. The van der Waals surface area contributed by atoms with Gasteiger partial charge in [-0.25, -0.2) is 0 Å². The minimum absolute atomic E-state index is 0.233. The molecule has 2 heteroatoms. The molecular weight excluding hydrogens is 234 g/mol. The average Bonchev–Trinajstić information content (AvgIpc) is 2.36. The lowest BCUT2D eigenvalue weighted by atomic mass is 9.53. The molecule has 4 saturated carbocycles. The molecule has 0 aliphatic heterocycles. The van der Waals surface area contributed by atoms with Crippen LogP contribution in [0.25, 0.3) is 0 Å². The Hall–Kier alpha value is -1.31. The highest BCUT2D eigenvalue weighted by Crippen LogP contribution is 2.57. The molecule has 1 aromatic rings. The Morgan fingerprint density at radius 3 is 2.16 bits per heavy atom. The van der Waals surface area contributed by atoms with Crippen molar-refractivity contribution < 1.29 is 5.11 Å². The number of hydrogen-bond donors (Lipinski definition) is 0. The first kappa shape index (κ1) is 11.5. The molecule has 2 N–H and O–H groups in total. The van der Waals surface area contributed by atoms with Gasteiger partial charge in [0.15, 0.2) is 0 Å². The minimum Gasteiger partial charge on any atom is -0.593 e. The van der Waals surface area contributed by atoms with E-state index in [4.69, 9.17) is 10.1 Å². The van der Waals surface area contributed by atoms with Crippen molar-refractivity contribution in [3.63, 3.8) is 0 Å². The lowest BCUT2D eigenvalue weighted by molar-refractivity contribution is 0.00195. The van der Waals surface area contributed by atoms with Gasteiger partial charge in [0, 0.05) is 12.3 Å². The summed E-state index contributed by atoms with van der Waals surface area (Å²) in [7, 11) is 0. The van der Waals surface area contributed by atoms with Crippen LogP contribution in [-0.4, -0.2) is 16.9 Å². The van der Waals surface area contributed by atoms with Crippen LogP contribution in [0.15, 0.2) is 29.3 Å². The largest absolute Gasteiger partial charge is 0.593 e. The first-order chi connectivity index (χ1) is 9.22. The third kappa shape index (κ3) is 1.98. The Morgan fingerprint density at radius 1 is 1.00 bits per heavy atom. The summed E-state index contributed by atoms with van der Waals surface area (Å²) >= 11 is 0. The van der Waals surface area contributed by atoms with E-state index in [1.165, 1.54) is 38.5 Å². The van der Waals surface area contributed by atoms with Gasteiger partial charge in [0.1, 0.15) is 0 Å². The molecule has 1 aromatic carbocycles. The SMILES string of the molecule is [OH2+]c1ccccc1C=NC12CC3CC(CC(C3)C1)C2. The normalized spacial score (nSPS) is 40.1. The highest BCUT2D eigenvalue weighted by atomic mass is 16.3. The van der Waals surface area contributed by atoms with Crippen molar-refractivity contribution >= 4 is 6.21 Å². The fourth-order valence-electron chi connectivity index (χ4n) is 5.04. The van der Waals surface area contributed by atoms with E-state index in [-0.39, 0.29) is 5.54 Å². The van der Waals surface area contributed by atoms with Gasteiger partial charge in [0.2, 0.25) is 0 Å². The van der Waals surface area contributed by atoms with Gasteiger partial charge in [-0.2, -0.15) is 0 Å². The topological polar surface area (TPSA) is 35.3 Å². The maximum Gasteiger partial charge on any atom is 0.262 e. The highest BCUT2D eigenvalue weighted by Gasteiger charge is 2.50. The molecule has 0 aromatic heterocycles. The van der Waals surface area contributed by atoms with Gasteiger partial charge >= 0.3 is 0 Å². The van der Waals surface area contributed by atoms with E-state index in [9.17, 15) is 0 Å². The van der Waals surface area contributed by atoms with E-state index in [1.54, 1.807) is 0 Å². The van der Waals surface area contributed by atoms with Crippen LogP contribution in [0.5, 0.6) is 5.75 Å². The number of benzene rings is 1. The van der Waals surface area contributed by atoms with Crippen LogP contribution in [0.3, 0.4) is 0 Å². The van der Waals surface area contributed by atoms with Crippen molar-refractivity contribution in [3.8, 4) is 5.75 Å². The van der Waals surface area contributed by atoms with E-state index in [2.05, 4.69) is 0 Å². The highest BCUT2D eigenvalue weighted by molar-refractivity contribution is 5.83. The van der Waals surface area contributed by atoms with Crippen LogP contribution in [0, 0.1) is 17.8 Å². The Bertz CT molecular complexity index is 484. The third-order valence-corrected chi connectivity index (χ3v) is 5.44. The van der Waals surface area contributed by atoms with Crippen LogP contribution in [-0.2, 0) is 0 Å². The van der Waals surface area contributed by atoms with Gasteiger partial charge in [-0.15, -0.1) is 0 Å². The summed E-state index contributed by atoms with van der Waals surface area (Å²) in [6.07, 6.45) is 10.3. The Morgan fingerprint density at radius 2 is 1.58 bits per heavy atom. The van der Waals surface area contributed by atoms with Crippen LogP contribution >= 0.6 is 0 Å². The van der Waals surface area contributed by atoms with Gasteiger partial charge in [-0.3, -0.25) is 4.99 Å². The van der Waals surface area contributed by atoms with Crippen molar-refractivity contribution in [2.45, 2.75) is 44.1 Å². The molecule has 0 amide bonds. The van der Waals surface area contributed by atoms with Gasteiger partial charge in [0.05, 0.1) is 11.1 Å². The van der Waals surface area contributed by atoms with Crippen molar-refractivity contribution in [1.29, 1.82) is 0 Å². The average molecular weight is 256 g/mol. The molecule has 100 valence electrons. The molecule has 4 aliphatic rings. The van der Waals surface area contributed by atoms with E-state index < -0.39 is 0 Å². The lowest BCUT2D eigenvalue weighted by Crippen LogP contribution is -2.49. The zero-order chi connectivity index (χ0) is 12.9. The number of para-hydroxylation sites is 1. The fraction of sp³-hybridized carbons (Fsp3) is 0.588. The molecule has 19 heavy (non-hydrogen) atoms. The molecule has 4 aliphatic carbocycles. The van der Waals surface area contributed by atoms with Crippen LogP contribution in [0.1, 0.15) is 44.1 Å². The number of aliphatic imine (C=N–C) groups is 1. The van der Waals surface area contributed by atoms with Gasteiger partial charge < -0.3 is 5.11 Å². The summed E-state index contributed by atoms with van der Waals surface area (Å²) in [5, 5.41) is 7.92. The third-order valence-electron chi connectivity index (χ3n) is 5.44. The molecule has 0 spiro atoms. The minimum atomic E-state index is 0.233. The summed E-state index contributed by atoms with van der Waals surface area (Å²) in [6.45, 7) is 0. The first-order valence-electron chi connectivity index (χ1n) is 7.58. The molecule has 0 heterocycles. The Balaban J connectivity index is 1.61. The van der Waals surface area contributed by atoms with E-state index in [0.717, 1.165) is 23.3 Å². The quantitative estimate of drug-likeness (QED) is 0.573. The second-order valence-electron chi connectivity index (χ2n) is 6.99. The van der Waals surface area contributed by atoms with Crippen LogP contribution in [0.2, 0.25) is 0 Å². The number of rotatable bonds is 2. The monoisotopic (exact) mass is 256 g/mol. The van der Waals surface area contributed by atoms with Crippen LogP contribution < -0.4 is 0 Å². The summed E-state index contributed by atoms with van der Waals surface area (Å²) in [5.41, 5.74) is 1.20. The van der Waals surface area contributed by atoms with E-state index >= 15 is 0 Å². The van der Waals surface area contributed by atoms with Crippen molar-refractivity contribution in [2.75, 3.05) is 0 Å². The molecule has 0 saturated heterocycles. The standard InChI is InChI=1S/C17H21NO/c19-16-4-2-1-3-15(16)11-18-17-8-12-5-13(9-17)7-14(6-12)10-17/h1-4,11-14,19H,5-10H2/p+1. The Labute approximate surface area is 114 Å². The van der Waals surface area contributed by atoms with E-state index in [0.29, 0.717) is 5.75 Å². The lowest BCUT2D eigenvalue weighted by Gasteiger charge is -2.54. The van der Waals surface area contributed by atoms with E-state index in [1.807, 2.05) is 30.5 Å². The molecule has 0 atom stereocenters.